The smallest absolute Gasteiger partial charge is 0.337 e. The van der Waals surface area contributed by atoms with Crippen LogP contribution in [0, 0.1) is 17.5 Å². The fourth-order valence-electron chi connectivity index (χ4n) is 4.03. The van der Waals surface area contributed by atoms with Crippen LogP contribution in [0.15, 0.2) is 30.3 Å². The highest BCUT2D eigenvalue weighted by Crippen LogP contribution is 2.35. The fraction of sp³-hybridized carbons (Fsp3) is 0.273. The molecule has 2 aromatic carbocycles. The molecule has 1 saturated heterocycles. The van der Waals surface area contributed by atoms with Gasteiger partial charge in [0.15, 0.2) is 17.7 Å². The summed E-state index contributed by atoms with van der Waals surface area (Å²) >= 11 is 0. The van der Waals surface area contributed by atoms with Gasteiger partial charge in [0.2, 0.25) is 11.8 Å². The molecule has 4 rings (SSSR count). The maximum atomic E-state index is 15.2. The number of carbonyl (C=O) groups is 4. The highest BCUT2D eigenvalue weighted by molar-refractivity contribution is 6.06. The maximum Gasteiger partial charge on any atom is 0.412 e. The van der Waals surface area contributed by atoms with Gasteiger partial charge in [-0.3, -0.25) is 24.5 Å². The Morgan fingerprint density at radius 3 is 2.40 bits per heavy atom. The van der Waals surface area contributed by atoms with E-state index in [0.717, 1.165) is 17.0 Å². The highest BCUT2D eigenvalue weighted by atomic mass is 19.4. The van der Waals surface area contributed by atoms with Crippen LogP contribution in [0.1, 0.15) is 50.7 Å². The van der Waals surface area contributed by atoms with Gasteiger partial charge in [-0.25, -0.2) is 13.2 Å². The quantitative estimate of drug-likeness (QED) is 0.500. The molecule has 2 atom stereocenters. The third-order valence-corrected chi connectivity index (χ3v) is 5.77. The van der Waals surface area contributed by atoms with Gasteiger partial charge < -0.3 is 10.2 Å². The Labute approximate surface area is 193 Å². The van der Waals surface area contributed by atoms with Crippen LogP contribution in [0.5, 0.6) is 0 Å². The van der Waals surface area contributed by atoms with E-state index in [0.29, 0.717) is 12.1 Å². The second-order valence-corrected chi connectivity index (χ2v) is 7.97. The number of halogens is 6. The number of hydrogen-bond acceptors (Lipinski definition) is 4. The van der Waals surface area contributed by atoms with Crippen LogP contribution in [0.2, 0.25) is 0 Å². The van der Waals surface area contributed by atoms with E-state index in [1.807, 2.05) is 0 Å². The number of carbonyl (C=O) groups excluding carboxylic acids is 4. The van der Waals surface area contributed by atoms with E-state index in [4.69, 9.17) is 0 Å². The molecule has 35 heavy (non-hydrogen) atoms. The molecule has 4 amide bonds. The number of hydrogen-bond donors (Lipinski definition) is 2. The minimum absolute atomic E-state index is 0.000843. The van der Waals surface area contributed by atoms with Crippen LogP contribution in [0.3, 0.4) is 0 Å². The Balaban J connectivity index is 1.61. The van der Waals surface area contributed by atoms with Crippen LogP contribution < -0.4 is 10.6 Å². The topological polar surface area (TPSA) is 95.6 Å². The Morgan fingerprint density at radius 2 is 1.77 bits per heavy atom. The molecule has 2 aliphatic heterocycles. The van der Waals surface area contributed by atoms with E-state index in [9.17, 15) is 41.1 Å². The summed E-state index contributed by atoms with van der Waals surface area (Å²) in [7, 11) is 0. The van der Waals surface area contributed by atoms with E-state index in [2.05, 4.69) is 5.32 Å². The first-order valence-corrected chi connectivity index (χ1v) is 10.2. The Hall–Kier alpha value is -3.90. The van der Waals surface area contributed by atoms with Crippen molar-refractivity contribution in [2.45, 2.75) is 37.6 Å². The molecule has 2 aliphatic rings. The van der Waals surface area contributed by atoms with Crippen molar-refractivity contribution >= 4 is 23.6 Å². The number of alkyl halides is 3. The molecule has 2 aromatic rings. The van der Waals surface area contributed by atoms with Crippen molar-refractivity contribution in [1.29, 1.82) is 0 Å². The molecule has 0 saturated carbocycles. The molecular formula is C22H15F6N3O4. The zero-order valence-electron chi connectivity index (χ0n) is 17.5. The third-order valence-electron chi connectivity index (χ3n) is 5.77. The first-order chi connectivity index (χ1) is 16.4. The molecule has 2 unspecified atom stereocenters. The Bertz CT molecular complexity index is 1260. The summed E-state index contributed by atoms with van der Waals surface area (Å²) in [6.07, 6.45) is -5.18. The summed E-state index contributed by atoms with van der Waals surface area (Å²) in [5.74, 6) is -7.76. The molecule has 0 aliphatic carbocycles. The molecule has 7 nitrogen and oxygen atoms in total. The SMILES string of the molecule is O=C1CCC(N2Cc3c(ccc(C(=O)NC(c4ccc(F)c(F)c4)C(F)(F)F)c3F)C2=O)C(=O)N1. The van der Waals surface area contributed by atoms with Gasteiger partial charge in [0.05, 0.1) is 12.1 Å². The van der Waals surface area contributed by atoms with Gasteiger partial charge in [-0.2, -0.15) is 13.2 Å². The second-order valence-electron chi connectivity index (χ2n) is 7.97. The lowest BCUT2D eigenvalue weighted by Crippen LogP contribution is -2.52. The van der Waals surface area contributed by atoms with Crippen molar-refractivity contribution in [2.24, 2.45) is 0 Å². The molecule has 2 heterocycles. The Kier molecular flexibility index (Phi) is 6.03. The van der Waals surface area contributed by atoms with Crippen molar-refractivity contribution in [1.82, 2.24) is 15.5 Å². The average molecular weight is 499 g/mol. The number of fused-ring (bicyclic) bond motifs is 1. The predicted molar refractivity (Wildman–Crippen MR) is 105 cm³/mol. The molecule has 2 N–H and O–H groups in total. The first-order valence-electron chi connectivity index (χ1n) is 10.2. The maximum absolute atomic E-state index is 15.2. The van der Waals surface area contributed by atoms with Crippen molar-refractivity contribution in [3.63, 3.8) is 0 Å². The molecule has 13 heteroatoms. The molecule has 1 fully saturated rings. The summed E-state index contributed by atoms with van der Waals surface area (Å²) in [6, 6.07) is -0.627. The molecule has 184 valence electrons. The van der Waals surface area contributed by atoms with Gasteiger partial charge in [0.25, 0.3) is 11.8 Å². The summed E-state index contributed by atoms with van der Waals surface area (Å²) in [6.45, 7) is -0.445. The lowest BCUT2D eigenvalue weighted by Gasteiger charge is -2.29. The van der Waals surface area contributed by atoms with Gasteiger partial charge in [0, 0.05) is 17.5 Å². The largest absolute Gasteiger partial charge is 0.412 e. The van der Waals surface area contributed by atoms with E-state index in [1.54, 1.807) is 5.32 Å². The number of benzene rings is 2. The summed E-state index contributed by atoms with van der Waals surface area (Å²) < 4.78 is 82.5. The normalized spacial score (nSPS) is 18.9. The summed E-state index contributed by atoms with van der Waals surface area (Å²) in [5.41, 5.74) is -2.12. The molecule has 0 radical (unpaired) electrons. The highest BCUT2D eigenvalue weighted by Gasteiger charge is 2.44. The van der Waals surface area contributed by atoms with Gasteiger partial charge in [0.1, 0.15) is 11.9 Å². The van der Waals surface area contributed by atoms with E-state index in [1.165, 1.54) is 0 Å². The fourth-order valence-corrected chi connectivity index (χ4v) is 4.03. The second kappa shape index (κ2) is 8.71. The van der Waals surface area contributed by atoms with Gasteiger partial charge in [-0.15, -0.1) is 0 Å². The van der Waals surface area contributed by atoms with Crippen LogP contribution in [0.25, 0.3) is 0 Å². The number of rotatable bonds is 4. The summed E-state index contributed by atoms with van der Waals surface area (Å²) in [5, 5.41) is 3.64. The monoisotopic (exact) mass is 499 g/mol. The molecular weight excluding hydrogens is 484 g/mol. The van der Waals surface area contributed by atoms with Crippen molar-refractivity contribution in [3.05, 3.63) is 70.0 Å². The Morgan fingerprint density at radius 1 is 1.06 bits per heavy atom. The number of amides is 4. The average Bonchev–Trinajstić information content (AvgIpc) is 3.10. The zero-order chi connectivity index (χ0) is 25.7. The van der Waals surface area contributed by atoms with E-state index >= 15 is 4.39 Å². The molecule has 0 bridgehead atoms. The van der Waals surface area contributed by atoms with Crippen molar-refractivity contribution in [2.75, 3.05) is 0 Å². The van der Waals surface area contributed by atoms with Crippen LogP contribution in [0.4, 0.5) is 26.3 Å². The third kappa shape index (κ3) is 4.45. The first kappa shape index (κ1) is 24.2. The lowest BCUT2D eigenvalue weighted by molar-refractivity contribution is -0.155. The number of nitrogens with one attached hydrogen (secondary N) is 2. The number of imide groups is 1. The predicted octanol–water partition coefficient (Wildman–Crippen LogP) is 2.90. The van der Waals surface area contributed by atoms with Gasteiger partial charge >= 0.3 is 6.18 Å². The van der Waals surface area contributed by atoms with E-state index in [-0.39, 0.29) is 30.0 Å². The minimum atomic E-state index is -5.13. The van der Waals surface area contributed by atoms with Gasteiger partial charge in [-0.05, 0) is 36.2 Å². The number of nitrogens with zero attached hydrogens (tertiary/aromatic N) is 1. The van der Waals surface area contributed by atoms with Crippen LogP contribution >= 0.6 is 0 Å². The molecule has 0 spiro atoms. The standard InChI is InChI=1S/C22H15F6N3O4/c23-13-4-1-9(7-14(13)24)18(22(26,27)28)30-19(33)11-3-2-10-12(17(11)25)8-31(21(10)35)15-5-6-16(32)29-20(15)34/h1-4,7,15,18H,5-6,8H2,(H,30,33)(H,29,32,34). The van der Waals surface area contributed by atoms with Gasteiger partial charge in [-0.1, -0.05) is 6.07 Å². The minimum Gasteiger partial charge on any atom is -0.337 e. The molecule has 0 aromatic heterocycles. The van der Waals surface area contributed by atoms with Crippen LogP contribution in [-0.2, 0) is 16.1 Å². The number of piperidine rings is 1. The van der Waals surface area contributed by atoms with E-state index < -0.39 is 77.0 Å². The van der Waals surface area contributed by atoms with Crippen molar-refractivity contribution < 1.29 is 45.5 Å². The van der Waals surface area contributed by atoms with Crippen molar-refractivity contribution in [3.8, 4) is 0 Å². The zero-order valence-corrected chi connectivity index (χ0v) is 17.5. The van der Waals surface area contributed by atoms with Crippen LogP contribution in [-0.4, -0.2) is 40.7 Å². The summed E-state index contributed by atoms with van der Waals surface area (Å²) in [4.78, 5) is 49.7. The lowest BCUT2D eigenvalue weighted by atomic mass is 10.0.